The molecule has 1 aliphatic rings. The predicted octanol–water partition coefficient (Wildman–Crippen LogP) is 4.50. The summed E-state index contributed by atoms with van der Waals surface area (Å²) < 4.78 is 17.9. The first-order valence-electron chi connectivity index (χ1n) is 8.52. The van der Waals surface area contributed by atoms with E-state index in [0.717, 1.165) is 31.7 Å². The van der Waals surface area contributed by atoms with E-state index < -0.39 is 8.56 Å². The minimum Gasteiger partial charge on any atom is -0.396 e. The lowest BCUT2D eigenvalue weighted by molar-refractivity contribution is -0.0156. The zero-order valence-electron chi connectivity index (χ0n) is 14.8. The van der Waals surface area contributed by atoms with Crippen LogP contribution in [0.4, 0.5) is 0 Å². The molecule has 0 aliphatic carbocycles. The van der Waals surface area contributed by atoms with E-state index in [1.165, 1.54) is 24.0 Å². The van der Waals surface area contributed by atoms with E-state index in [0.29, 0.717) is 0 Å². The maximum Gasteiger partial charge on any atom is 0.370 e. The van der Waals surface area contributed by atoms with Gasteiger partial charge >= 0.3 is 8.56 Å². The monoisotopic (exact) mass is 334 g/mol. The number of benzene rings is 1. The summed E-state index contributed by atoms with van der Waals surface area (Å²) in [5, 5.41) is -0.212. The molecule has 0 aromatic heterocycles. The van der Waals surface area contributed by atoms with Gasteiger partial charge in [-0.1, -0.05) is 49.8 Å². The van der Waals surface area contributed by atoms with Gasteiger partial charge in [0.05, 0.1) is 0 Å². The second-order valence-electron chi connectivity index (χ2n) is 6.37. The summed E-state index contributed by atoms with van der Waals surface area (Å²) in [6, 6.07) is 9.65. The molecule has 1 fully saturated rings. The van der Waals surface area contributed by atoms with Crippen LogP contribution in [0.2, 0.25) is 6.04 Å². The second-order valence-corrected chi connectivity index (χ2v) is 10.1. The van der Waals surface area contributed by atoms with E-state index in [1.54, 1.807) is 14.2 Å². The lowest BCUT2D eigenvalue weighted by Gasteiger charge is -2.48. The molecule has 128 valence electrons. The topological polar surface area (TPSA) is 27.7 Å². The van der Waals surface area contributed by atoms with Gasteiger partial charge in [-0.05, 0) is 42.9 Å². The minimum absolute atomic E-state index is 0.212. The van der Waals surface area contributed by atoms with E-state index in [9.17, 15) is 0 Å². The Labute approximate surface area is 141 Å². The van der Waals surface area contributed by atoms with Crippen LogP contribution in [0, 0.1) is 0 Å². The van der Waals surface area contributed by atoms with Crippen LogP contribution >= 0.6 is 0 Å². The molecule has 1 aromatic rings. The highest BCUT2D eigenvalue weighted by molar-refractivity contribution is 6.70. The van der Waals surface area contributed by atoms with Gasteiger partial charge in [0.15, 0.2) is 0 Å². The molecule has 0 spiro atoms. The van der Waals surface area contributed by atoms with Crippen LogP contribution in [0.3, 0.4) is 0 Å². The van der Waals surface area contributed by atoms with E-state index in [1.807, 2.05) is 13.2 Å². The third-order valence-corrected chi connectivity index (χ3v) is 9.77. The average Bonchev–Trinajstić information content (AvgIpc) is 2.62. The molecule has 1 atom stereocenters. The third-order valence-electron chi connectivity index (χ3n) is 5.34. The van der Waals surface area contributed by atoms with Crippen LogP contribution in [-0.4, -0.2) is 35.1 Å². The molecular formula is C19H30O3Si. The molecule has 23 heavy (non-hydrogen) atoms. The standard InChI is InChI=1S/C19H30O3Si/c1-5-17-10-12-18(13-11-17)9-8-15-19(20-2)14-6-7-16-23(19,21-3)22-4/h5,10-13H,1,6-9,14-16H2,2-4H3. The summed E-state index contributed by atoms with van der Waals surface area (Å²) in [6.07, 6.45) is 8.45. The van der Waals surface area contributed by atoms with E-state index in [4.69, 9.17) is 13.6 Å². The molecule has 2 rings (SSSR count). The van der Waals surface area contributed by atoms with Crippen molar-refractivity contribution in [2.75, 3.05) is 21.3 Å². The van der Waals surface area contributed by atoms with Crippen molar-refractivity contribution in [1.82, 2.24) is 0 Å². The van der Waals surface area contributed by atoms with Crippen molar-refractivity contribution in [2.45, 2.75) is 49.8 Å². The molecule has 0 amide bonds. The molecule has 0 saturated carbocycles. The summed E-state index contributed by atoms with van der Waals surface area (Å²) in [5.41, 5.74) is 2.53. The first kappa shape index (κ1) is 18.4. The molecule has 1 heterocycles. The molecule has 1 saturated heterocycles. The van der Waals surface area contributed by atoms with Crippen LogP contribution in [0.15, 0.2) is 30.8 Å². The highest BCUT2D eigenvalue weighted by atomic mass is 28.4. The average molecular weight is 335 g/mol. The summed E-state index contributed by atoms with van der Waals surface area (Å²) in [5.74, 6) is 0. The summed E-state index contributed by atoms with van der Waals surface area (Å²) in [7, 11) is 3.11. The Kier molecular flexibility index (Phi) is 6.59. The van der Waals surface area contributed by atoms with E-state index >= 15 is 0 Å². The first-order valence-corrected chi connectivity index (χ1v) is 10.5. The lowest BCUT2D eigenvalue weighted by atomic mass is 10.0. The van der Waals surface area contributed by atoms with Gasteiger partial charge in [-0.15, -0.1) is 0 Å². The number of methoxy groups -OCH3 is 1. The van der Waals surface area contributed by atoms with Gasteiger partial charge in [-0.25, -0.2) is 0 Å². The fourth-order valence-electron chi connectivity index (χ4n) is 3.92. The van der Waals surface area contributed by atoms with Crippen molar-refractivity contribution in [1.29, 1.82) is 0 Å². The Bertz CT molecular complexity index is 496. The number of rotatable bonds is 8. The quantitative estimate of drug-likeness (QED) is 0.655. The van der Waals surface area contributed by atoms with Crippen molar-refractivity contribution < 1.29 is 13.6 Å². The molecule has 0 N–H and O–H groups in total. The van der Waals surface area contributed by atoms with Crippen molar-refractivity contribution in [3.8, 4) is 0 Å². The smallest absolute Gasteiger partial charge is 0.370 e. The van der Waals surface area contributed by atoms with Crippen molar-refractivity contribution in [3.05, 3.63) is 42.0 Å². The van der Waals surface area contributed by atoms with E-state index in [-0.39, 0.29) is 5.22 Å². The number of hydrogen-bond donors (Lipinski definition) is 0. The molecule has 0 bridgehead atoms. The second kappa shape index (κ2) is 8.24. The van der Waals surface area contributed by atoms with Gasteiger partial charge in [0, 0.05) is 21.3 Å². The van der Waals surface area contributed by atoms with Crippen molar-refractivity contribution in [3.63, 3.8) is 0 Å². The van der Waals surface area contributed by atoms with Gasteiger partial charge in [0.2, 0.25) is 0 Å². The Morgan fingerprint density at radius 1 is 1.13 bits per heavy atom. The largest absolute Gasteiger partial charge is 0.396 e. The van der Waals surface area contributed by atoms with Crippen LogP contribution in [-0.2, 0) is 20.0 Å². The Morgan fingerprint density at radius 3 is 2.39 bits per heavy atom. The Hall–Kier alpha value is -0.943. The molecule has 1 unspecified atom stereocenters. The third kappa shape index (κ3) is 3.77. The van der Waals surface area contributed by atoms with Gasteiger partial charge in [-0.2, -0.15) is 0 Å². The molecule has 0 radical (unpaired) electrons. The maximum absolute atomic E-state index is 6.05. The van der Waals surface area contributed by atoms with E-state index in [2.05, 4.69) is 30.8 Å². The highest BCUT2D eigenvalue weighted by Crippen LogP contribution is 2.42. The van der Waals surface area contributed by atoms with Gasteiger partial charge in [0.1, 0.15) is 5.22 Å². The van der Waals surface area contributed by atoms with Crippen LogP contribution in [0.25, 0.3) is 6.08 Å². The zero-order chi connectivity index (χ0) is 16.8. The zero-order valence-corrected chi connectivity index (χ0v) is 15.8. The van der Waals surface area contributed by atoms with Gasteiger partial charge < -0.3 is 13.6 Å². The lowest BCUT2D eigenvalue weighted by Crippen LogP contribution is -2.64. The summed E-state index contributed by atoms with van der Waals surface area (Å²) >= 11 is 0. The van der Waals surface area contributed by atoms with Gasteiger partial charge in [-0.3, -0.25) is 0 Å². The number of hydrogen-bond acceptors (Lipinski definition) is 3. The van der Waals surface area contributed by atoms with Crippen LogP contribution in [0.1, 0.15) is 43.2 Å². The first-order chi connectivity index (χ1) is 11.1. The normalized spacial score (nSPS) is 23.6. The van der Waals surface area contributed by atoms with Crippen molar-refractivity contribution >= 4 is 14.6 Å². The highest BCUT2D eigenvalue weighted by Gasteiger charge is 2.58. The van der Waals surface area contributed by atoms with Crippen LogP contribution in [0.5, 0.6) is 0 Å². The molecule has 4 heteroatoms. The molecule has 3 nitrogen and oxygen atoms in total. The minimum atomic E-state index is -2.30. The van der Waals surface area contributed by atoms with Crippen LogP contribution < -0.4 is 0 Å². The Morgan fingerprint density at radius 2 is 1.83 bits per heavy atom. The van der Waals surface area contributed by atoms with Crippen molar-refractivity contribution in [2.24, 2.45) is 0 Å². The summed E-state index contributed by atoms with van der Waals surface area (Å²) in [6.45, 7) is 3.80. The fourth-order valence-corrected chi connectivity index (χ4v) is 7.84. The summed E-state index contributed by atoms with van der Waals surface area (Å²) in [4.78, 5) is 0. The molecule has 1 aromatic carbocycles. The predicted molar refractivity (Wildman–Crippen MR) is 97.6 cm³/mol. The SMILES string of the molecule is C=Cc1ccc(CCCC2(OC)CCCC[Si]2(OC)OC)cc1. The maximum atomic E-state index is 6.05. The number of aryl methyl sites for hydroxylation is 1. The Balaban J connectivity index is 2.03. The molecule has 1 aliphatic heterocycles. The fraction of sp³-hybridized carbons (Fsp3) is 0.579. The molecular weight excluding hydrogens is 304 g/mol. The van der Waals surface area contributed by atoms with Gasteiger partial charge in [0.25, 0.3) is 0 Å². The number of ether oxygens (including phenoxy) is 1.